The van der Waals surface area contributed by atoms with Crippen LogP contribution >= 0.6 is 23.2 Å². The summed E-state index contributed by atoms with van der Waals surface area (Å²) in [7, 11) is 0. The lowest BCUT2D eigenvalue weighted by Crippen LogP contribution is -2.46. The first-order valence-electron chi connectivity index (χ1n) is 11.6. The van der Waals surface area contributed by atoms with Crippen molar-refractivity contribution in [3.8, 4) is 0 Å². The second kappa shape index (κ2) is 10.7. The van der Waals surface area contributed by atoms with Crippen molar-refractivity contribution in [3.63, 3.8) is 0 Å². The lowest BCUT2D eigenvalue weighted by molar-refractivity contribution is -0.0313. The van der Waals surface area contributed by atoms with Gasteiger partial charge in [0.25, 0.3) is 0 Å². The fourth-order valence-corrected chi connectivity index (χ4v) is 5.46. The summed E-state index contributed by atoms with van der Waals surface area (Å²) in [6, 6.07) is 16.6. The summed E-state index contributed by atoms with van der Waals surface area (Å²) in [5.74, 6) is 0.715. The SMILES string of the molecule is OC1(CCCc2ccccc2)CCN(CC2CCN(Cc3ccc(Cl)c(Cl)c3)C2)CC1. The van der Waals surface area contributed by atoms with Crippen LogP contribution in [-0.2, 0) is 13.0 Å². The zero-order chi connectivity index (χ0) is 21.7. The van der Waals surface area contributed by atoms with Crippen molar-refractivity contribution in [2.45, 2.75) is 50.7 Å². The Bertz CT molecular complexity index is 837. The van der Waals surface area contributed by atoms with Gasteiger partial charge in [-0.3, -0.25) is 4.90 Å². The predicted molar refractivity (Wildman–Crippen MR) is 130 cm³/mol. The van der Waals surface area contributed by atoms with Crippen LogP contribution in [0, 0.1) is 5.92 Å². The molecule has 5 heteroatoms. The van der Waals surface area contributed by atoms with Crippen LogP contribution < -0.4 is 0 Å². The van der Waals surface area contributed by atoms with Gasteiger partial charge >= 0.3 is 0 Å². The van der Waals surface area contributed by atoms with Crippen LogP contribution in [-0.4, -0.2) is 53.2 Å². The van der Waals surface area contributed by atoms with E-state index in [1.165, 1.54) is 17.5 Å². The molecule has 3 nitrogen and oxygen atoms in total. The zero-order valence-electron chi connectivity index (χ0n) is 18.3. The molecule has 0 spiro atoms. The van der Waals surface area contributed by atoms with Gasteiger partial charge < -0.3 is 10.0 Å². The Morgan fingerprint density at radius 3 is 2.42 bits per heavy atom. The molecule has 0 aromatic heterocycles. The maximum absolute atomic E-state index is 11.0. The van der Waals surface area contributed by atoms with E-state index in [-0.39, 0.29) is 0 Å². The molecule has 168 valence electrons. The molecule has 2 fully saturated rings. The number of hydrogen-bond donors (Lipinski definition) is 1. The van der Waals surface area contributed by atoms with Crippen molar-refractivity contribution in [1.82, 2.24) is 9.80 Å². The summed E-state index contributed by atoms with van der Waals surface area (Å²) in [5, 5.41) is 12.3. The van der Waals surface area contributed by atoms with E-state index in [0.717, 1.165) is 71.4 Å². The summed E-state index contributed by atoms with van der Waals surface area (Å²) in [6.07, 6.45) is 6.09. The normalized spacial score (nSPS) is 22.1. The van der Waals surface area contributed by atoms with Crippen LogP contribution in [0.5, 0.6) is 0 Å². The van der Waals surface area contributed by atoms with Crippen LogP contribution in [0.15, 0.2) is 48.5 Å². The molecule has 0 saturated carbocycles. The first kappa shape index (κ1) is 23.1. The molecule has 1 N–H and O–H groups in total. The number of halogens is 2. The summed E-state index contributed by atoms with van der Waals surface area (Å²) < 4.78 is 0. The first-order valence-corrected chi connectivity index (χ1v) is 12.4. The number of nitrogens with zero attached hydrogens (tertiary/aromatic N) is 2. The second-order valence-electron chi connectivity index (χ2n) is 9.50. The molecule has 1 atom stereocenters. The molecule has 2 saturated heterocycles. The zero-order valence-corrected chi connectivity index (χ0v) is 19.8. The van der Waals surface area contributed by atoms with Crippen molar-refractivity contribution < 1.29 is 5.11 Å². The molecule has 2 aromatic rings. The third-order valence-corrected chi connectivity index (χ3v) is 7.75. The van der Waals surface area contributed by atoms with Crippen molar-refractivity contribution in [2.75, 3.05) is 32.7 Å². The lowest BCUT2D eigenvalue weighted by atomic mass is 9.85. The number of aliphatic hydroxyl groups is 1. The van der Waals surface area contributed by atoms with Crippen molar-refractivity contribution in [3.05, 3.63) is 69.7 Å². The van der Waals surface area contributed by atoms with E-state index >= 15 is 0 Å². The highest BCUT2D eigenvalue weighted by Gasteiger charge is 2.33. The Labute approximate surface area is 197 Å². The van der Waals surface area contributed by atoms with Gasteiger partial charge in [-0.05, 0) is 74.2 Å². The smallest absolute Gasteiger partial charge is 0.0672 e. The largest absolute Gasteiger partial charge is 0.390 e. The maximum Gasteiger partial charge on any atom is 0.0672 e. The second-order valence-corrected chi connectivity index (χ2v) is 10.3. The molecule has 2 aliphatic heterocycles. The fraction of sp³-hybridized carbons (Fsp3) is 0.538. The van der Waals surface area contributed by atoms with Gasteiger partial charge in [0, 0.05) is 32.7 Å². The van der Waals surface area contributed by atoms with Crippen LogP contribution in [0.2, 0.25) is 10.0 Å². The third kappa shape index (κ3) is 6.69. The van der Waals surface area contributed by atoms with E-state index in [1.54, 1.807) is 0 Å². The Morgan fingerprint density at radius 2 is 1.68 bits per heavy atom. The van der Waals surface area contributed by atoms with Crippen molar-refractivity contribution in [2.24, 2.45) is 5.92 Å². The van der Waals surface area contributed by atoms with Gasteiger partial charge in [-0.2, -0.15) is 0 Å². The predicted octanol–water partition coefficient (Wildman–Crippen LogP) is 5.67. The number of likely N-dealkylation sites (tertiary alicyclic amines) is 2. The van der Waals surface area contributed by atoms with Gasteiger partial charge in [0.1, 0.15) is 0 Å². The van der Waals surface area contributed by atoms with Crippen LogP contribution in [0.25, 0.3) is 0 Å². The van der Waals surface area contributed by atoms with Crippen molar-refractivity contribution in [1.29, 1.82) is 0 Å². The first-order chi connectivity index (χ1) is 15.0. The number of hydrogen-bond acceptors (Lipinski definition) is 3. The molecule has 2 aromatic carbocycles. The molecule has 0 aliphatic carbocycles. The van der Waals surface area contributed by atoms with Crippen LogP contribution in [0.3, 0.4) is 0 Å². The Hall–Kier alpha value is -1.10. The van der Waals surface area contributed by atoms with E-state index in [1.807, 2.05) is 12.1 Å². The van der Waals surface area contributed by atoms with Gasteiger partial charge in [-0.1, -0.05) is 59.6 Å². The Morgan fingerprint density at radius 1 is 0.903 bits per heavy atom. The molecular formula is C26H34Cl2N2O. The molecule has 2 heterocycles. The third-order valence-electron chi connectivity index (χ3n) is 7.01. The van der Waals surface area contributed by atoms with Gasteiger partial charge in [0.05, 0.1) is 15.6 Å². The number of aryl methyl sites for hydroxylation is 1. The highest BCUT2D eigenvalue weighted by molar-refractivity contribution is 6.42. The topological polar surface area (TPSA) is 26.7 Å². The minimum Gasteiger partial charge on any atom is -0.390 e. The van der Waals surface area contributed by atoms with Gasteiger partial charge in [-0.15, -0.1) is 0 Å². The molecule has 1 unspecified atom stereocenters. The van der Waals surface area contributed by atoms with Gasteiger partial charge in [0.2, 0.25) is 0 Å². The Balaban J connectivity index is 1.16. The standard InChI is InChI=1S/C26H34Cl2N2O/c27-24-9-8-22(17-25(24)28)18-30-14-10-23(20-30)19-29-15-12-26(31,13-16-29)11-4-7-21-5-2-1-3-6-21/h1-3,5-6,8-9,17,23,31H,4,7,10-16,18-20H2. The van der Waals surface area contributed by atoms with Gasteiger partial charge in [0.15, 0.2) is 0 Å². The quantitative estimate of drug-likeness (QED) is 0.549. The van der Waals surface area contributed by atoms with E-state index in [9.17, 15) is 5.11 Å². The molecule has 31 heavy (non-hydrogen) atoms. The minimum absolute atomic E-state index is 0.471. The average Bonchev–Trinajstić information content (AvgIpc) is 3.20. The highest BCUT2D eigenvalue weighted by atomic mass is 35.5. The average molecular weight is 461 g/mol. The summed E-state index contributed by atoms with van der Waals surface area (Å²) >= 11 is 12.2. The molecular weight excluding hydrogens is 427 g/mol. The summed E-state index contributed by atoms with van der Waals surface area (Å²) in [4.78, 5) is 5.09. The fourth-order valence-electron chi connectivity index (χ4n) is 5.13. The van der Waals surface area contributed by atoms with Crippen LogP contribution in [0.4, 0.5) is 0 Å². The number of benzene rings is 2. The van der Waals surface area contributed by atoms with E-state index < -0.39 is 5.60 Å². The summed E-state index contributed by atoms with van der Waals surface area (Å²) in [5.41, 5.74) is 2.13. The Kier molecular flexibility index (Phi) is 7.95. The molecule has 4 rings (SSSR count). The summed E-state index contributed by atoms with van der Waals surface area (Å²) in [6.45, 7) is 6.41. The van der Waals surface area contributed by atoms with E-state index in [2.05, 4.69) is 46.2 Å². The number of rotatable bonds is 8. The number of piperidine rings is 1. The van der Waals surface area contributed by atoms with E-state index in [4.69, 9.17) is 23.2 Å². The highest BCUT2D eigenvalue weighted by Crippen LogP contribution is 2.30. The molecule has 0 radical (unpaired) electrons. The maximum atomic E-state index is 11.0. The minimum atomic E-state index is -0.471. The monoisotopic (exact) mass is 460 g/mol. The van der Waals surface area contributed by atoms with Crippen molar-refractivity contribution >= 4 is 23.2 Å². The molecule has 2 aliphatic rings. The molecule has 0 amide bonds. The van der Waals surface area contributed by atoms with Crippen LogP contribution in [0.1, 0.15) is 43.2 Å². The molecule has 0 bridgehead atoms. The van der Waals surface area contributed by atoms with E-state index in [0.29, 0.717) is 16.0 Å². The lowest BCUT2D eigenvalue weighted by Gasteiger charge is -2.39. The van der Waals surface area contributed by atoms with Gasteiger partial charge in [-0.25, -0.2) is 0 Å².